The second-order valence-electron chi connectivity index (χ2n) is 7.59. The van der Waals surface area contributed by atoms with Crippen LogP contribution in [0.1, 0.15) is 39.2 Å². The molecule has 0 bridgehead atoms. The van der Waals surface area contributed by atoms with Gasteiger partial charge in [-0.05, 0) is 45.2 Å². The molecule has 0 radical (unpaired) electrons. The van der Waals surface area contributed by atoms with Crippen LogP contribution < -0.4 is 10.2 Å². The maximum Gasteiger partial charge on any atom is 0.235 e. The average molecular weight is 426 g/mol. The molecule has 9 heteroatoms. The van der Waals surface area contributed by atoms with Gasteiger partial charge < -0.3 is 10.2 Å². The van der Waals surface area contributed by atoms with Crippen molar-refractivity contribution in [1.29, 1.82) is 0 Å². The molecule has 0 spiro atoms. The Bertz CT molecular complexity index is 976. The molecular weight excluding hydrogens is 398 g/mol. The second kappa shape index (κ2) is 9.34. The Balaban J connectivity index is 1.51. The summed E-state index contributed by atoms with van der Waals surface area (Å²) >= 11 is 1.39. The Kier molecular flexibility index (Phi) is 6.37. The molecule has 4 rings (SSSR count). The third-order valence-corrected chi connectivity index (χ3v) is 5.96. The molecule has 0 atom stereocenters. The van der Waals surface area contributed by atoms with Crippen LogP contribution in [0.2, 0.25) is 0 Å². The number of hydrogen-bond acceptors (Lipinski definition) is 6. The fourth-order valence-corrected chi connectivity index (χ4v) is 4.34. The lowest BCUT2D eigenvalue weighted by Crippen LogP contribution is -2.31. The van der Waals surface area contributed by atoms with E-state index in [9.17, 15) is 4.79 Å². The van der Waals surface area contributed by atoms with Gasteiger partial charge in [-0.15, -0.1) is 10.2 Å². The van der Waals surface area contributed by atoms with E-state index in [0.29, 0.717) is 11.0 Å². The molecule has 158 valence electrons. The first-order valence-electron chi connectivity index (χ1n) is 10.4. The molecule has 1 aliphatic rings. The van der Waals surface area contributed by atoms with Crippen molar-refractivity contribution in [3.05, 3.63) is 42.6 Å². The van der Waals surface area contributed by atoms with Crippen molar-refractivity contribution in [2.24, 2.45) is 0 Å². The quantitative estimate of drug-likeness (QED) is 0.581. The molecule has 1 saturated heterocycles. The fraction of sp³-hybridized carbons (Fsp3) is 0.429. The number of anilines is 2. The predicted molar refractivity (Wildman–Crippen MR) is 119 cm³/mol. The van der Waals surface area contributed by atoms with Gasteiger partial charge in [0.25, 0.3) is 0 Å². The van der Waals surface area contributed by atoms with Crippen LogP contribution in [0.3, 0.4) is 0 Å². The summed E-state index contributed by atoms with van der Waals surface area (Å²) in [6.45, 7) is 6.02. The number of amides is 1. The van der Waals surface area contributed by atoms with Crippen molar-refractivity contribution < 1.29 is 4.79 Å². The standard InChI is InChI=1S/C21H27N7OS/c1-16(2)28-18(11-12-22-28)23-19(29)15-30-21-25-24-20(26-13-7-4-8-14-26)27(21)17-9-5-3-6-10-17/h3,5-6,9-12,16H,4,7-8,13-15H2,1-2H3,(H,23,29). The van der Waals surface area contributed by atoms with Gasteiger partial charge in [0.15, 0.2) is 5.16 Å². The minimum Gasteiger partial charge on any atom is -0.341 e. The van der Waals surface area contributed by atoms with Crippen molar-refractivity contribution >= 4 is 29.4 Å². The summed E-state index contributed by atoms with van der Waals surface area (Å²) in [5.74, 6) is 1.70. The molecule has 0 unspecified atom stereocenters. The van der Waals surface area contributed by atoms with Crippen LogP contribution >= 0.6 is 11.8 Å². The van der Waals surface area contributed by atoms with Crippen molar-refractivity contribution in [2.75, 3.05) is 29.1 Å². The van der Waals surface area contributed by atoms with E-state index < -0.39 is 0 Å². The molecule has 8 nitrogen and oxygen atoms in total. The highest BCUT2D eigenvalue weighted by atomic mass is 32.2. The van der Waals surface area contributed by atoms with E-state index in [1.165, 1.54) is 18.2 Å². The van der Waals surface area contributed by atoms with Crippen LogP contribution in [0.15, 0.2) is 47.8 Å². The molecule has 2 aromatic heterocycles. The smallest absolute Gasteiger partial charge is 0.235 e. The SMILES string of the molecule is CC(C)n1nccc1NC(=O)CSc1nnc(N2CCCCC2)n1-c1ccccc1. The maximum atomic E-state index is 12.6. The summed E-state index contributed by atoms with van der Waals surface area (Å²) in [4.78, 5) is 14.9. The highest BCUT2D eigenvalue weighted by Crippen LogP contribution is 2.28. The molecule has 0 aliphatic carbocycles. The molecular formula is C21H27N7OS. The number of nitrogens with one attached hydrogen (secondary N) is 1. The van der Waals surface area contributed by atoms with Gasteiger partial charge in [0.2, 0.25) is 11.9 Å². The lowest BCUT2D eigenvalue weighted by Gasteiger charge is -2.27. The van der Waals surface area contributed by atoms with Gasteiger partial charge in [-0.1, -0.05) is 30.0 Å². The van der Waals surface area contributed by atoms with Gasteiger partial charge in [-0.2, -0.15) is 5.10 Å². The number of benzene rings is 1. The van der Waals surface area contributed by atoms with Crippen molar-refractivity contribution in [3.63, 3.8) is 0 Å². The van der Waals surface area contributed by atoms with Gasteiger partial charge >= 0.3 is 0 Å². The number of para-hydroxylation sites is 1. The lowest BCUT2D eigenvalue weighted by atomic mass is 10.1. The van der Waals surface area contributed by atoms with E-state index in [4.69, 9.17) is 0 Å². The zero-order valence-corrected chi connectivity index (χ0v) is 18.2. The molecule has 30 heavy (non-hydrogen) atoms. The molecule has 1 aromatic carbocycles. The van der Waals surface area contributed by atoms with Crippen LogP contribution in [0, 0.1) is 0 Å². The number of rotatable bonds is 7. The predicted octanol–water partition coefficient (Wildman–Crippen LogP) is 3.77. The minimum atomic E-state index is -0.0930. The van der Waals surface area contributed by atoms with Crippen LogP contribution in [0.4, 0.5) is 11.8 Å². The minimum absolute atomic E-state index is 0.0930. The molecule has 1 fully saturated rings. The van der Waals surface area contributed by atoms with Crippen LogP contribution in [-0.4, -0.2) is 49.3 Å². The molecule has 3 aromatic rings. The summed E-state index contributed by atoms with van der Waals surface area (Å²) in [5, 5.41) is 16.8. The van der Waals surface area contributed by atoms with Crippen LogP contribution in [0.25, 0.3) is 5.69 Å². The van der Waals surface area contributed by atoms with Crippen molar-refractivity contribution in [2.45, 2.75) is 44.3 Å². The Morgan fingerprint density at radius 3 is 2.60 bits per heavy atom. The van der Waals surface area contributed by atoms with Gasteiger partial charge in [0.05, 0.1) is 17.6 Å². The average Bonchev–Trinajstić information content (AvgIpc) is 3.40. The number of thioether (sulfide) groups is 1. The fourth-order valence-electron chi connectivity index (χ4n) is 3.59. The molecule has 3 heterocycles. The zero-order valence-electron chi connectivity index (χ0n) is 17.4. The van der Waals surface area contributed by atoms with E-state index in [0.717, 1.165) is 37.6 Å². The Morgan fingerprint density at radius 2 is 1.87 bits per heavy atom. The summed E-state index contributed by atoms with van der Waals surface area (Å²) in [6.07, 6.45) is 5.27. The van der Waals surface area contributed by atoms with Crippen LogP contribution in [0.5, 0.6) is 0 Å². The van der Waals surface area contributed by atoms with Crippen molar-refractivity contribution in [3.8, 4) is 5.69 Å². The molecule has 1 amide bonds. The lowest BCUT2D eigenvalue weighted by molar-refractivity contribution is -0.113. The molecule has 1 aliphatic heterocycles. The monoisotopic (exact) mass is 425 g/mol. The van der Waals surface area contributed by atoms with E-state index >= 15 is 0 Å². The van der Waals surface area contributed by atoms with E-state index in [-0.39, 0.29) is 17.7 Å². The number of nitrogens with zero attached hydrogens (tertiary/aromatic N) is 6. The maximum absolute atomic E-state index is 12.6. The van der Waals surface area contributed by atoms with Gasteiger partial charge in [-0.25, -0.2) is 4.68 Å². The zero-order chi connectivity index (χ0) is 20.9. The number of carbonyl (C=O) groups excluding carboxylic acids is 1. The van der Waals surface area contributed by atoms with E-state index in [1.54, 1.807) is 10.9 Å². The highest BCUT2D eigenvalue weighted by molar-refractivity contribution is 7.99. The van der Waals surface area contributed by atoms with Crippen molar-refractivity contribution in [1.82, 2.24) is 24.5 Å². The summed E-state index contributed by atoms with van der Waals surface area (Å²) in [5.41, 5.74) is 1.00. The third kappa shape index (κ3) is 4.51. The number of aromatic nitrogens is 5. The topological polar surface area (TPSA) is 80.9 Å². The van der Waals surface area contributed by atoms with E-state index in [1.807, 2.05) is 50.2 Å². The highest BCUT2D eigenvalue weighted by Gasteiger charge is 2.22. The first kappa shape index (κ1) is 20.5. The van der Waals surface area contributed by atoms with Gasteiger partial charge in [0, 0.05) is 25.2 Å². The molecule has 0 saturated carbocycles. The number of hydrogen-bond donors (Lipinski definition) is 1. The number of piperidine rings is 1. The summed E-state index contributed by atoms with van der Waals surface area (Å²) in [7, 11) is 0. The Morgan fingerprint density at radius 1 is 1.10 bits per heavy atom. The van der Waals surface area contributed by atoms with Gasteiger partial charge in [-0.3, -0.25) is 9.36 Å². The largest absolute Gasteiger partial charge is 0.341 e. The van der Waals surface area contributed by atoms with Crippen LogP contribution in [-0.2, 0) is 4.79 Å². The summed E-state index contributed by atoms with van der Waals surface area (Å²) in [6, 6.07) is 12.1. The summed E-state index contributed by atoms with van der Waals surface area (Å²) < 4.78 is 3.85. The second-order valence-corrected chi connectivity index (χ2v) is 8.54. The first-order chi connectivity index (χ1) is 14.6. The first-order valence-corrected chi connectivity index (χ1v) is 11.3. The normalized spacial score (nSPS) is 14.3. The van der Waals surface area contributed by atoms with Gasteiger partial charge in [0.1, 0.15) is 5.82 Å². The third-order valence-electron chi connectivity index (χ3n) is 5.03. The number of carbonyl (C=O) groups is 1. The Labute approximate surface area is 180 Å². The van der Waals surface area contributed by atoms with E-state index in [2.05, 4.69) is 30.1 Å². The Hall–Kier alpha value is -2.81. The molecule has 1 N–H and O–H groups in total.